The molecule has 1 aromatic carbocycles. The Morgan fingerprint density at radius 3 is 2.50 bits per heavy atom. The molecule has 1 heterocycles. The summed E-state index contributed by atoms with van der Waals surface area (Å²) in [6, 6.07) is 10.0. The monoisotopic (exact) mass is 214 g/mol. The highest BCUT2D eigenvalue weighted by molar-refractivity contribution is 5.15. The first-order valence-electron chi connectivity index (χ1n) is 5.36. The average molecular weight is 214 g/mol. The molecule has 0 aliphatic carbocycles. The minimum absolute atomic E-state index is 0.529. The molecule has 0 fully saturated rings. The van der Waals surface area contributed by atoms with Crippen LogP contribution in [-0.2, 0) is 13.0 Å². The summed E-state index contributed by atoms with van der Waals surface area (Å²) in [6.45, 7) is 2.58. The maximum absolute atomic E-state index is 5.52. The first kappa shape index (κ1) is 10.6. The van der Waals surface area contributed by atoms with Crippen LogP contribution in [0.4, 0.5) is 0 Å². The summed E-state index contributed by atoms with van der Waals surface area (Å²) in [5.41, 5.74) is 2.11. The molecule has 0 unspecified atom stereocenters. The topological polar surface area (TPSA) is 35.0 Å². The predicted octanol–water partition coefficient (Wildman–Crippen LogP) is 2.62. The molecule has 2 rings (SSSR count). The molecule has 2 aromatic rings. The van der Waals surface area contributed by atoms with Gasteiger partial charge in [-0.05, 0) is 12.0 Å². The molecule has 82 valence electrons. The van der Waals surface area contributed by atoms with Gasteiger partial charge in [-0.2, -0.15) is 0 Å². The van der Waals surface area contributed by atoms with Gasteiger partial charge in [0.05, 0.1) is 18.1 Å². The van der Waals surface area contributed by atoms with E-state index in [0.717, 1.165) is 17.7 Å². The Morgan fingerprint density at radius 2 is 1.88 bits per heavy atom. The number of rotatable bonds is 4. The van der Waals surface area contributed by atoms with Crippen LogP contribution in [0.2, 0.25) is 0 Å². The van der Waals surface area contributed by atoms with Crippen LogP contribution in [0.3, 0.4) is 0 Å². The summed E-state index contributed by atoms with van der Waals surface area (Å²) < 4.78 is 5.52. The molecular weight excluding hydrogens is 200 g/mol. The lowest BCUT2D eigenvalue weighted by molar-refractivity contribution is 0.292. The van der Waals surface area contributed by atoms with Gasteiger partial charge in [-0.15, -0.1) is 0 Å². The van der Waals surface area contributed by atoms with Crippen LogP contribution in [0, 0.1) is 0 Å². The SMILES string of the molecule is CCc1cnc(OCc2ccccc2)cn1. The molecule has 0 saturated heterocycles. The fourth-order valence-corrected chi connectivity index (χ4v) is 1.33. The van der Waals surface area contributed by atoms with Gasteiger partial charge in [0.25, 0.3) is 0 Å². The van der Waals surface area contributed by atoms with Crippen LogP contribution in [0.25, 0.3) is 0 Å². The van der Waals surface area contributed by atoms with E-state index in [4.69, 9.17) is 4.74 Å². The fourth-order valence-electron chi connectivity index (χ4n) is 1.33. The van der Waals surface area contributed by atoms with Crippen molar-refractivity contribution in [2.75, 3.05) is 0 Å². The van der Waals surface area contributed by atoms with Crippen molar-refractivity contribution in [2.45, 2.75) is 20.0 Å². The summed E-state index contributed by atoms with van der Waals surface area (Å²) in [6.07, 6.45) is 4.31. The Labute approximate surface area is 95.1 Å². The van der Waals surface area contributed by atoms with E-state index in [9.17, 15) is 0 Å². The summed E-state index contributed by atoms with van der Waals surface area (Å²) in [5.74, 6) is 0.570. The van der Waals surface area contributed by atoms with Crippen LogP contribution >= 0.6 is 0 Å². The van der Waals surface area contributed by atoms with Crippen molar-refractivity contribution < 1.29 is 4.74 Å². The van der Waals surface area contributed by atoms with Crippen LogP contribution in [0.15, 0.2) is 42.7 Å². The first-order valence-corrected chi connectivity index (χ1v) is 5.36. The van der Waals surface area contributed by atoms with Crippen LogP contribution in [-0.4, -0.2) is 9.97 Å². The molecule has 0 radical (unpaired) electrons. The van der Waals surface area contributed by atoms with Crippen molar-refractivity contribution in [3.05, 3.63) is 54.0 Å². The normalized spacial score (nSPS) is 10.1. The average Bonchev–Trinajstić information content (AvgIpc) is 2.38. The summed E-state index contributed by atoms with van der Waals surface area (Å²) in [7, 11) is 0. The Kier molecular flexibility index (Phi) is 3.49. The van der Waals surface area contributed by atoms with Gasteiger partial charge in [-0.1, -0.05) is 37.3 Å². The van der Waals surface area contributed by atoms with Gasteiger partial charge in [-0.3, -0.25) is 4.98 Å². The molecule has 0 saturated carbocycles. The Morgan fingerprint density at radius 1 is 1.06 bits per heavy atom. The van der Waals surface area contributed by atoms with Gasteiger partial charge in [0, 0.05) is 0 Å². The largest absolute Gasteiger partial charge is 0.472 e. The van der Waals surface area contributed by atoms with Crippen LogP contribution in [0.1, 0.15) is 18.2 Å². The third-order valence-corrected chi connectivity index (χ3v) is 2.27. The maximum Gasteiger partial charge on any atom is 0.232 e. The zero-order valence-electron chi connectivity index (χ0n) is 9.26. The molecule has 0 aliphatic rings. The number of aromatic nitrogens is 2. The van der Waals surface area contributed by atoms with Gasteiger partial charge in [0.15, 0.2) is 0 Å². The second kappa shape index (κ2) is 5.26. The Balaban J connectivity index is 1.94. The molecule has 0 spiro atoms. The van der Waals surface area contributed by atoms with Crippen molar-refractivity contribution in [3.8, 4) is 5.88 Å². The second-order valence-corrected chi connectivity index (χ2v) is 3.47. The molecule has 1 aromatic heterocycles. The smallest absolute Gasteiger partial charge is 0.232 e. The van der Waals surface area contributed by atoms with Crippen molar-refractivity contribution in [2.24, 2.45) is 0 Å². The molecule has 0 bridgehead atoms. The summed E-state index contributed by atoms with van der Waals surface area (Å²) >= 11 is 0. The fraction of sp³-hybridized carbons (Fsp3) is 0.231. The molecule has 0 N–H and O–H groups in total. The lowest BCUT2D eigenvalue weighted by atomic mass is 10.2. The number of hydrogen-bond acceptors (Lipinski definition) is 3. The van der Waals surface area contributed by atoms with E-state index < -0.39 is 0 Å². The quantitative estimate of drug-likeness (QED) is 0.784. The third kappa shape index (κ3) is 2.79. The molecule has 0 atom stereocenters. The molecule has 0 amide bonds. The highest BCUT2D eigenvalue weighted by Gasteiger charge is 1.97. The highest BCUT2D eigenvalue weighted by atomic mass is 16.5. The van der Waals surface area contributed by atoms with Crippen LogP contribution in [0.5, 0.6) is 5.88 Å². The van der Waals surface area contributed by atoms with Crippen molar-refractivity contribution in [3.63, 3.8) is 0 Å². The standard InChI is InChI=1S/C13H14N2O/c1-2-12-8-15-13(9-14-12)16-10-11-6-4-3-5-7-11/h3-9H,2,10H2,1H3. The summed E-state index contributed by atoms with van der Waals surface area (Å²) in [5, 5.41) is 0. The van der Waals surface area contributed by atoms with Crippen molar-refractivity contribution in [1.29, 1.82) is 0 Å². The zero-order chi connectivity index (χ0) is 11.2. The first-order chi connectivity index (χ1) is 7.88. The van der Waals surface area contributed by atoms with Gasteiger partial charge in [0.1, 0.15) is 6.61 Å². The molecular formula is C13H14N2O. The highest BCUT2D eigenvalue weighted by Crippen LogP contribution is 2.08. The number of benzene rings is 1. The van der Waals surface area contributed by atoms with Gasteiger partial charge < -0.3 is 4.74 Å². The minimum Gasteiger partial charge on any atom is -0.472 e. The van der Waals surface area contributed by atoms with Crippen LogP contribution < -0.4 is 4.74 Å². The Hall–Kier alpha value is -1.90. The van der Waals surface area contributed by atoms with E-state index in [1.54, 1.807) is 12.4 Å². The van der Waals surface area contributed by atoms with E-state index in [0.29, 0.717) is 12.5 Å². The second-order valence-electron chi connectivity index (χ2n) is 3.47. The van der Waals surface area contributed by atoms with Crippen molar-refractivity contribution >= 4 is 0 Å². The zero-order valence-corrected chi connectivity index (χ0v) is 9.26. The number of hydrogen-bond donors (Lipinski definition) is 0. The number of nitrogens with zero attached hydrogens (tertiary/aromatic N) is 2. The van der Waals surface area contributed by atoms with Gasteiger partial charge >= 0.3 is 0 Å². The van der Waals surface area contributed by atoms with E-state index in [2.05, 4.69) is 16.9 Å². The lowest BCUT2D eigenvalue weighted by Gasteiger charge is -2.04. The third-order valence-electron chi connectivity index (χ3n) is 2.27. The van der Waals surface area contributed by atoms with E-state index in [1.807, 2.05) is 30.3 Å². The van der Waals surface area contributed by atoms with Crippen molar-refractivity contribution in [1.82, 2.24) is 9.97 Å². The Bertz CT molecular complexity index is 425. The molecule has 3 nitrogen and oxygen atoms in total. The number of ether oxygens (including phenoxy) is 1. The number of aryl methyl sites for hydroxylation is 1. The molecule has 0 aliphatic heterocycles. The van der Waals surface area contributed by atoms with E-state index in [1.165, 1.54) is 0 Å². The molecule has 16 heavy (non-hydrogen) atoms. The maximum atomic E-state index is 5.52. The summed E-state index contributed by atoms with van der Waals surface area (Å²) in [4.78, 5) is 8.40. The lowest BCUT2D eigenvalue weighted by Crippen LogP contribution is -1.98. The minimum atomic E-state index is 0.529. The predicted molar refractivity (Wildman–Crippen MR) is 62.2 cm³/mol. The molecule has 3 heteroatoms. The van der Waals surface area contributed by atoms with Gasteiger partial charge in [-0.25, -0.2) is 4.98 Å². The van der Waals surface area contributed by atoms with Gasteiger partial charge in [0.2, 0.25) is 5.88 Å². The van der Waals surface area contributed by atoms with E-state index in [-0.39, 0.29) is 0 Å². The van der Waals surface area contributed by atoms with E-state index >= 15 is 0 Å².